The minimum atomic E-state index is -4.66. The van der Waals surface area contributed by atoms with Gasteiger partial charge >= 0.3 is 10.4 Å². The van der Waals surface area contributed by atoms with Gasteiger partial charge in [0.2, 0.25) is 6.23 Å². The van der Waals surface area contributed by atoms with Gasteiger partial charge in [0.1, 0.15) is 5.75 Å². The van der Waals surface area contributed by atoms with Crippen molar-refractivity contribution in [3.63, 3.8) is 0 Å². The van der Waals surface area contributed by atoms with E-state index in [4.69, 9.17) is 8.74 Å². The largest absolute Gasteiger partial charge is 0.507 e. The monoisotopic (exact) mass is 332 g/mol. The zero-order chi connectivity index (χ0) is 17.5. The number of quaternary nitrogens is 1. The second-order valence-electron chi connectivity index (χ2n) is 7.47. The summed E-state index contributed by atoms with van der Waals surface area (Å²) >= 11 is 0. The van der Waals surface area contributed by atoms with Crippen LogP contribution in [0.15, 0.2) is 12.1 Å². The first-order chi connectivity index (χ1) is 9.63. The van der Waals surface area contributed by atoms with Crippen LogP contribution in [-0.4, -0.2) is 43.7 Å². The predicted molar refractivity (Wildman–Crippen MR) is 85.0 cm³/mol. The highest BCUT2D eigenvalue weighted by atomic mass is 32.3. The standard InChI is InChI=1S/C15H25NO5S/c1-10-8-11(15(2,3)4)9-12(13(10)17)14(16(5,6)7)21-22(18,19)20/h8-9,14H,1-7H3,(H-,17,18,19,20)/p+1. The number of rotatable bonds is 4. The predicted octanol–water partition coefficient (Wildman–Crippen LogP) is 2.52. The van der Waals surface area contributed by atoms with Crippen LogP contribution in [0.1, 0.15) is 43.7 Å². The fraction of sp³-hybridized carbons (Fsp3) is 0.600. The van der Waals surface area contributed by atoms with E-state index in [0.717, 1.165) is 5.56 Å². The second kappa shape index (κ2) is 5.81. The molecule has 0 saturated heterocycles. The zero-order valence-electron chi connectivity index (χ0n) is 14.2. The molecule has 1 rings (SSSR count). The van der Waals surface area contributed by atoms with Crippen LogP contribution in [-0.2, 0) is 20.0 Å². The lowest BCUT2D eigenvalue weighted by Gasteiger charge is -2.33. The van der Waals surface area contributed by atoms with Gasteiger partial charge in [-0.1, -0.05) is 26.8 Å². The van der Waals surface area contributed by atoms with Crippen LogP contribution in [0, 0.1) is 6.92 Å². The van der Waals surface area contributed by atoms with Gasteiger partial charge in [0.15, 0.2) is 0 Å². The molecule has 0 aliphatic carbocycles. The summed E-state index contributed by atoms with van der Waals surface area (Å²) in [7, 11) is 0.491. The lowest BCUT2D eigenvalue weighted by atomic mass is 9.84. The summed E-state index contributed by atoms with van der Waals surface area (Å²) in [5.41, 5.74) is 1.71. The molecule has 7 heteroatoms. The van der Waals surface area contributed by atoms with Crippen LogP contribution in [0.2, 0.25) is 0 Å². The van der Waals surface area contributed by atoms with E-state index in [1.54, 1.807) is 34.1 Å². The number of benzene rings is 1. The third kappa shape index (κ3) is 4.67. The molecule has 0 aliphatic heterocycles. The van der Waals surface area contributed by atoms with Crippen molar-refractivity contribution in [2.45, 2.75) is 39.3 Å². The van der Waals surface area contributed by atoms with Gasteiger partial charge in [0.25, 0.3) is 0 Å². The minimum absolute atomic E-state index is 0.0327. The molecule has 126 valence electrons. The molecule has 0 fully saturated rings. The van der Waals surface area contributed by atoms with Crippen molar-refractivity contribution in [2.24, 2.45) is 0 Å². The first kappa shape index (κ1) is 18.9. The quantitative estimate of drug-likeness (QED) is 0.503. The molecule has 0 aliphatic rings. The van der Waals surface area contributed by atoms with Crippen LogP contribution in [0.3, 0.4) is 0 Å². The van der Waals surface area contributed by atoms with E-state index < -0.39 is 16.6 Å². The van der Waals surface area contributed by atoms with Crippen LogP contribution in [0.4, 0.5) is 0 Å². The Morgan fingerprint density at radius 1 is 1.18 bits per heavy atom. The fourth-order valence-electron chi connectivity index (χ4n) is 2.14. The summed E-state index contributed by atoms with van der Waals surface area (Å²) < 4.78 is 36.3. The van der Waals surface area contributed by atoms with Crippen molar-refractivity contribution in [3.05, 3.63) is 28.8 Å². The van der Waals surface area contributed by atoms with Crippen molar-refractivity contribution < 1.29 is 26.7 Å². The first-order valence-corrected chi connectivity index (χ1v) is 8.30. The van der Waals surface area contributed by atoms with Gasteiger partial charge in [0.05, 0.1) is 26.7 Å². The maximum atomic E-state index is 11.2. The first-order valence-electron chi connectivity index (χ1n) is 6.94. The third-order valence-electron chi connectivity index (χ3n) is 3.38. The minimum Gasteiger partial charge on any atom is -0.507 e. The van der Waals surface area contributed by atoms with Gasteiger partial charge in [0, 0.05) is 0 Å². The molecule has 0 heterocycles. The Labute approximate surface area is 132 Å². The van der Waals surface area contributed by atoms with E-state index in [9.17, 15) is 13.5 Å². The number of hydrogen-bond donors (Lipinski definition) is 2. The third-order valence-corrected chi connectivity index (χ3v) is 3.80. The van der Waals surface area contributed by atoms with Crippen LogP contribution < -0.4 is 0 Å². The van der Waals surface area contributed by atoms with E-state index in [1.165, 1.54) is 0 Å². The topological polar surface area (TPSA) is 83.8 Å². The number of phenols is 1. The van der Waals surface area contributed by atoms with E-state index >= 15 is 0 Å². The van der Waals surface area contributed by atoms with Crippen LogP contribution >= 0.6 is 0 Å². The summed E-state index contributed by atoms with van der Waals surface area (Å²) in [5, 5.41) is 10.4. The fourth-order valence-corrected chi connectivity index (χ4v) is 2.73. The molecule has 1 aromatic rings. The number of phenolic OH excluding ortho intramolecular Hbond substituents is 1. The Balaban J connectivity index is 3.58. The highest BCUT2D eigenvalue weighted by Gasteiger charge is 2.35. The summed E-state index contributed by atoms with van der Waals surface area (Å²) in [4.78, 5) is 0. The van der Waals surface area contributed by atoms with Crippen LogP contribution in [0.25, 0.3) is 0 Å². The Morgan fingerprint density at radius 3 is 2.05 bits per heavy atom. The highest BCUT2D eigenvalue weighted by molar-refractivity contribution is 7.80. The molecule has 0 aromatic heterocycles. The molecular formula is C15H26NO5S+. The van der Waals surface area contributed by atoms with Gasteiger partial charge in [-0.25, -0.2) is 0 Å². The van der Waals surface area contributed by atoms with E-state index in [2.05, 4.69) is 0 Å². The molecule has 0 radical (unpaired) electrons. The number of aromatic hydroxyl groups is 1. The molecular weight excluding hydrogens is 306 g/mol. The van der Waals surface area contributed by atoms with Crippen LogP contribution in [0.5, 0.6) is 5.75 Å². The van der Waals surface area contributed by atoms with Crippen molar-refractivity contribution >= 4 is 10.4 Å². The van der Waals surface area contributed by atoms with E-state index in [-0.39, 0.29) is 15.6 Å². The molecule has 0 bridgehead atoms. The maximum Gasteiger partial charge on any atom is 0.402 e. The Hall–Kier alpha value is -1.15. The number of aryl methyl sites for hydroxylation is 1. The number of nitrogens with zero attached hydrogens (tertiary/aromatic N) is 1. The summed E-state index contributed by atoms with van der Waals surface area (Å²) in [6.45, 7) is 7.81. The molecule has 1 atom stereocenters. The van der Waals surface area contributed by atoms with Crippen molar-refractivity contribution in [1.82, 2.24) is 0 Å². The average molecular weight is 332 g/mol. The molecule has 1 aromatic carbocycles. The average Bonchev–Trinajstić information content (AvgIpc) is 2.26. The smallest absolute Gasteiger partial charge is 0.402 e. The van der Waals surface area contributed by atoms with Gasteiger partial charge in [-0.3, -0.25) is 4.55 Å². The molecule has 6 nitrogen and oxygen atoms in total. The summed E-state index contributed by atoms with van der Waals surface area (Å²) in [5.74, 6) is -0.0327. The van der Waals surface area contributed by atoms with Gasteiger partial charge < -0.3 is 9.59 Å². The maximum absolute atomic E-state index is 11.2. The SMILES string of the molecule is Cc1cc(C(C)(C)C)cc(C(OS(=O)(=O)O)[N+](C)(C)C)c1O. The summed E-state index contributed by atoms with van der Waals surface area (Å²) in [6.07, 6.45) is -1.06. The second-order valence-corrected chi connectivity index (χ2v) is 8.52. The molecule has 22 heavy (non-hydrogen) atoms. The van der Waals surface area contributed by atoms with Gasteiger partial charge in [-0.2, -0.15) is 12.6 Å². The van der Waals surface area contributed by atoms with Crippen molar-refractivity contribution in [1.29, 1.82) is 0 Å². The Kier molecular flexibility index (Phi) is 4.99. The highest BCUT2D eigenvalue weighted by Crippen LogP contribution is 2.38. The lowest BCUT2D eigenvalue weighted by molar-refractivity contribution is -0.922. The molecule has 0 amide bonds. The normalized spacial score (nSPS) is 14.9. The molecule has 1 unspecified atom stereocenters. The molecule has 0 saturated carbocycles. The Morgan fingerprint density at radius 2 is 1.68 bits per heavy atom. The van der Waals surface area contributed by atoms with Gasteiger partial charge in [-0.05, 0) is 29.5 Å². The summed E-state index contributed by atoms with van der Waals surface area (Å²) in [6, 6.07) is 3.58. The Bertz CT molecular complexity index is 654. The number of hydrogen-bond acceptors (Lipinski definition) is 4. The molecule has 0 spiro atoms. The lowest BCUT2D eigenvalue weighted by Crippen LogP contribution is -2.41. The van der Waals surface area contributed by atoms with Crippen molar-refractivity contribution in [2.75, 3.05) is 21.1 Å². The van der Waals surface area contributed by atoms with E-state index in [1.807, 2.05) is 26.8 Å². The zero-order valence-corrected chi connectivity index (χ0v) is 15.0. The molecule has 2 N–H and O–H groups in total. The van der Waals surface area contributed by atoms with E-state index in [0.29, 0.717) is 11.1 Å². The van der Waals surface area contributed by atoms with Gasteiger partial charge in [-0.15, -0.1) is 0 Å². The van der Waals surface area contributed by atoms with Crippen molar-refractivity contribution in [3.8, 4) is 5.75 Å².